The van der Waals surface area contributed by atoms with Gasteiger partial charge in [-0.15, -0.1) is 10.2 Å². The highest BCUT2D eigenvalue weighted by Crippen LogP contribution is 2.31. The molecule has 0 unspecified atom stereocenters. The monoisotopic (exact) mass is 442 g/mol. The van der Waals surface area contributed by atoms with Gasteiger partial charge in [0.2, 0.25) is 0 Å². The van der Waals surface area contributed by atoms with Gasteiger partial charge in [-0.2, -0.15) is 0 Å². The lowest BCUT2D eigenvalue weighted by atomic mass is 10.0. The van der Waals surface area contributed by atoms with Gasteiger partial charge in [0.25, 0.3) is 0 Å². The van der Waals surface area contributed by atoms with Gasteiger partial charge in [-0.1, -0.05) is 92.4 Å². The SMILES string of the molecule is C=C(Nc1ccccc1)c1ccc(Nc2nnc(-c3ccc(CC)cc3)c3ccccc23)cc1. The summed E-state index contributed by atoms with van der Waals surface area (Å²) >= 11 is 0. The topological polar surface area (TPSA) is 49.8 Å². The van der Waals surface area contributed by atoms with E-state index in [4.69, 9.17) is 0 Å². The van der Waals surface area contributed by atoms with Crippen LogP contribution >= 0.6 is 0 Å². The highest BCUT2D eigenvalue weighted by atomic mass is 15.2. The molecule has 0 aliphatic carbocycles. The first-order valence-corrected chi connectivity index (χ1v) is 11.4. The molecule has 0 atom stereocenters. The third-order valence-electron chi connectivity index (χ3n) is 5.89. The average molecular weight is 443 g/mol. The molecular formula is C30H26N4. The molecule has 0 saturated heterocycles. The second-order valence-corrected chi connectivity index (χ2v) is 8.17. The van der Waals surface area contributed by atoms with Crippen LogP contribution in [0.5, 0.6) is 0 Å². The van der Waals surface area contributed by atoms with Crippen molar-refractivity contribution in [2.24, 2.45) is 0 Å². The molecule has 1 aromatic heterocycles. The first-order valence-electron chi connectivity index (χ1n) is 11.4. The van der Waals surface area contributed by atoms with Crippen LogP contribution in [-0.4, -0.2) is 10.2 Å². The highest BCUT2D eigenvalue weighted by Gasteiger charge is 2.11. The molecule has 0 amide bonds. The van der Waals surface area contributed by atoms with Crippen LogP contribution < -0.4 is 10.6 Å². The van der Waals surface area contributed by atoms with Gasteiger partial charge in [0.15, 0.2) is 5.82 Å². The number of nitrogens with zero attached hydrogens (tertiary/aromatic N) is 2. The Kier molecular flexibility index (Phi) is 6.04. The molecule has 5 aromatic rings. The van der Waals surface area contributed by atoms with Crippen LogP contribution in [0, 0.1) is 0 Å². The van der Waals surface area contributed by atoms with E-state index in [1.54, 1.807) is 0 Å². The summed E-state index contributed by atoms with van der Waals surface area (Å²) in [5.74, 6) is 0.735. The van der Waals surface area contributed by atoms with Gasteiger partial charge < -0.3 is 10.6 Å². The molecule has 0 aliphatic rings. The Hall–Kier alpha value is -4.44. The van der Waals surface area contributed by atoms with Gasteiger partial charge in [0.05, 0.1) is 0 Å². The second-order valence-electron chi connectivity index (χ2n) is 8.17. The summed E-state index contributed by atoms with van der Waals surface area (Å²) in [6, 6.07) is 35.0. The van der Waals surface area contributed by atoms with Crippen LogP contribution in [0.2, 0.25) is 0 Å². The van der Waals surface area contributed by atoms with Gasteiger partial charge >= 0.3 is 0 Å². The minimum absolute atomic E-state index is 0.735. The van der Waals surface area contributed by atoms with Crippen molar-refractivity contribution in [3.05, 3.63) is 121 Å². The van der Waals surface area contributed by atoms with Crippen LogP contribution in [0.4, 0.5) is 17.2 Å². The maximum Gasteiger partial charge on any atom is 0.161 e. The van der Waals surface area contributed by atoms with E-state index in [1.807, 2.05) is 66.7 Å². The number of fused-ring (bicyclic) bond motifs is 1. The van der Waals surface area contributed by atoms with E-state index < -0.39 is 0 Å². The minimum atomic E-state index is 0.735. The molecule has 0 radical (unpaired) electrons. The maximum atomic E-state index is 4.58. The Bertz CT molecular complexity index is 1420. The fraction of sp³-hybridized carbons (Fsp3) is 0.0667. The van der Waals surface area contributed by atoms with Gasteiger partial charge in [0.1, 0.15) is 5.69 Å². The molecule has 5 rings (SSSR count). The van der Waals surface area contributed by atoms with E-state index in [0.717, 1.165) is 56.9 Å². The third kappa shape index (κ3) is 4.52. The van der Waals surface area contributed by atoms with Crippen molar-refractivity contribution in [3.63, 3.8) is 0 Å². The third-order valence-corrected chi connectivity index (χ3v) is 5.89. The minimum Gasteiger partial charge on any atom is -0.356 e. The van der Waals surface area contributed by atoms with Crippen molar-refractivity contribution in [2.45, 2.75) is 13.3 Å². The first-order chi connectivity index (χ1) is 16.7. The largest absolute Gasteiger partial charge is 0.356 e. The van der Waals surface area contributed by atoms with Crippen LogP contribution in [0.3, 0.4) is 0 Å². The summed E-state index contributed by atoms with van der Waals surface area (Å²) in [6.45, 7) is 6.33. The molecule has 166 valence electrons. The molecule has 0 aliphatic heterocycles. The van der Waals surface area contributed by atoms with E-state index in [1.165, 1.54) is 5.56 Å². The van der Waals surface area contributed by atoms with E-state index >= 15 is 0 Å². The number of hydrogen-bond acceptors (Lipinski definition) is 4. The normalized spacial score (nSPS) is 10.7. The molecule has 4 heteroatoms. The Labute approximate surface area is 200 Å². The van der Waals surface area contributed by atoms with Crippen LogP contribution in [0.1, 0.15) is 18.1 Å². The molecule has 1 heterocycles. The number of aromatic nitrogens is 2. The molecule has 0 saturated carbocycles. The van der Waals surface area contributed by atoms with Crippen molar-refractivity contribution >= 4 is 33.7 Å². The van der Waals surface area contributed by atoms with Crippen LogP contribution in [0.15, 0.2) is 110 Å². The van der Waals surface area contributed by atoms with Gasteiger partial charge in [-0.05, 0) is 41.8 Å². The Balaban J connectivity index is 1.39. The smallest absolute Gasteiger partial charge is 0.161 e. The summed E-state index contributed by atoms with van der Waals surface area (Å²) in [5, 5.41) is 18.0. The first kappa shape index (κ1) is 21.4. The zero-order chi connectivity index (χ0) is 23.3. The van der Waals surface area contributed by atoms with Crippen LogP contribution in [0.25, 0.3) is 27.7 Å². The lowest BCUT2D eigenvalue weighted by Gasteiger charge is -2.13. The highest BCUT2D eigenvalue weighted by molar-refractivity contribution is 6.00. The Morgan fingerprint density at radius 1 is 0.706 bits per heavy atom. The zero-order valence-electron chi connectivity index (χ0n) is 19.1. The van der Waals surface area contributed by atoms with Crippen molar-refractivity contribution in [1.82, 2.24) is 10.2 Å². The molecule has 4 nitrogen and oxygen atoms in total. The number of rotatable bonds is 7. The molecule has 0 bridgehead atoms. The standard InChI is InChI=1S/C30H26N4/c1-3-22-13-15-24(16-14-22)29-27-11-7-8-12-28(27)30(34-33-29)32-26-19-17-23(18-20-26)21(2)31-25-9-5-4-6-10-25/h4-20,31H,2-3H2,1H3,(H,32,34). The number of anilines is 3. The predicted molar refractivity (Wildman–Crippen MR) is 143 cm³/mol. The zero-order valence-corrected chi connectivity index (χ0v) is 19.1. The van der Waals surface area contributed by atoms with Crippen molar-refractivity contribution in [1.29, 1.82) is 0 Å². The van der Waals surface area contributed by atoms with Gasteiger partial charge in [0, 0.05) is 33.4 Å². The summed E-state index contributed by atoms with van der Waals surface area (Å²) in [5.41, 5.74) is 7.10. The number of nitrogens with one attached hydrogen (secondary N) is 2. The van der Waals surface area contributed by atoms with Gasteiger partial charge in [-0.25, -0.2) is 0 Å². The summed E-state index contributed by atoms with van der Waals surface area (Å²) in [7, 11) is 0. The van der Waals surface area contributed by atoms with E-state index in [2.05, 4.69) is 70.7 Å². The number of aryl methyl sites for hydroxylation is 1. The molecular weight excluding hydrogens is 416 g/mol. The molecule has 0 spiro atoms. The number of hydrogen-bond donors (Lipinski definition) is 2. The van der Waals surface area contributed by atoms with E-state index in [-0.39, 0.29) is 0 Å². The van der Waals surface area contributed by atoms with Crippen molar-refractivity contribution in [2.75, 3.05) is 10.6 Å². The fourth-order valence-electron chi connectivity index (χ4n) is 3.97. The number of para-hydroxylation sites is 1. The second kappa shape index (κ2) is 9.59. The molecule has 4 aromatic carbocycles. The van der Waals surface area contributed by atoms with Crippen molar-refractivity contribution < 1.29 is 0 Å². The summed E-state index contributed by atoms with van der Waals surface area (Å²) < 4.78 is 0. The average Bonchev–Trinajstić information content (AvgIpc) is 2.90. The lowest BCUT2D eigenvalue weighted by Crippen LogP contribution is -2.00. The van der Waals surface area contributed by atoms with E-state index in [9.17, 15) is 0 Å². The quantitative estimate of drug-likeness (QED) is 0.271. The molecule has 2 N–H and O–H groups in total. The fourth-order valence-corrected chi connectivity index (χ4v) is 3.97. The lowest BCUT2D eigenvalue weighted by molar-refractivity contribution is 1.06. The Morgan fingerprint density at radius 2 is 1.38 bits per heavy atom. The van der Waals surface area contributed by atoms with Crippen LogP contribution in [-0.2, 0) is 6.42 Å². The number of benzene rings is 4. The Morgan fingerprint density at radius 3 is 2.09 bits per heavy atom. The van der Waals surface area contributed by atoms with E-state index in [0.29, 0.717) is 0 Å². The van der Waals surface area contributed by atoms with Crippen molar-refractivity contribution in [3.8, 4) is 11.3 Å². The predicted octanol–water partition coefficient (Wildman–Crippen LogP) is 7.69. The molecule has 0 fully saturated rings. The maximum absolute atomic E-state index is 4.58. The molecule has 34 heavy (non-hydrogen) atoms. The summed E-state index contributed by atoms with van der Waals surface area (Å²) in [6.07, 6.45) is 1.02. The van der Waals surface area contributed by atoms with Gasteiger partial charge in [-0.3, -0.25) is 0 Å². The summed E-state index contributed by atoms with van der Waals surface area (Å²) in [4.78, 5) is 0.